The molecule has 181 valence electrons. The van der Waals surface area contributed by atoms with E-state index in [-0.39, 0.29) is 5.91 Å². The second-order valence-corrected chi connectivity index (χ2v) is 9.95. The lowest BCUT2D eigenvalue weighted by Gasteiger charge is -2.55. The molecule has 1 radical (unpaired) electrons. The average molecular weight is 464 g/mol. The number of anilines is 1. The number of carbonyl (C=O) groups is 2. The highest BCUT2D eigenvalue weighted by atomic mass is 16.5. The summed E-state index contributed by atoms with van der Waals surface area (Å²) < 4.78 is 6.00. The van der Waals surface area contributed by atoms with Gasteiger partial charge in [-0.05, 0) is 55.3 Å². The van der Waals surface area contributed by atoms with Crippen molar-refractivity contribution in [2.75, 3.05) is 44.2 Å². The number of benzene rings is 2. The van der Waals surface area contributed by atoms with Crippen LogP contribution < -0.4 is 20.7 Å². The Morgan fingerprint density at radius 2 is 1.82 bits per heavy atom. The third-order valence-electron chi connectivity index (χ3n) is 7.44. The van der Waals surface area contributed by atoms with Crippen LogP contribution in [0.15, 0.2) is 42.5 Å². The monoisotopic (exact) mass is 463 g/mol. The first kappa shape index (κ1) is 24.2. The molecule has 0 aliphatic carbocycles. The summed E-state index contributed by atoms with van der Waals surface area (Å²) in [6.07, 6.45) is 0. The zero-order chi connectivity index (χ0) is 24.5. The first-order valence-electron chi connectivity index (χ1n) is 11.9. The molecule has 2 heterocycles. The third kappa shape index (κ3) is 4.18. The SMILES string of the molecule is CC(=O)N1c2cc[c]cc2C(C)(c2ccc(OCCN3CCNCC3)cc2)C(C(N)=O)C1(C)C. The van der Waals surface area contributed by atoms with Gasteiger partial charge in [0.05, 0.1) is 11.5 Å². The molecule has 0 bridgehead atoms. The van der Waals surface area contributed by atoms with Crippen molar-refractivity contribution in [2.24, 2.45) is 11.7 Å². The molecule has 2 amide bonds. The van der Waals surface area contributed by atoms with Crippen molar-refractivity contribution >= 4 is 17.5 Å². The summed E-state index contributed by atoms with van der Waals surface area (Å²) in [5.41, 5.74) is 7.05. The fraction of sp³-hybridized carbons (Fsp3) is 0.481. The van der Waals surface area contributed by atoms with E-state index < -0.39 is 22.8 Å². The summed E-state index contributed by atoms with van der Waals surface area (Å²) >= 11 is 0. The summed E-state index contributed by atoms with van der Waals surface area (Å²) in [6.45, 7) is 13.0. The van der Waals surface area contributed by atoms with E-state index in [4.69, 9.17) is 10.5 Å². The van der Waals surface area contributed by atoms with Gasteiger partial charge in [-0.2, -0.15) is 0 Å². The van der Waals surface area contributed by atoms with Gasteiger partial charge >= 0.3 is 0 Å². The highest BCUT2D eigenvalue weighted by Gasteiger charge is 2.57. The number of ether oxygens (including phenoxy) is 1. The predicted molar refractivity (Wildman–Crippen MR) is 133 cm³/mol. The number of nitrogens with two attached hydrogens (primary N) is 1. The summed E-state index contributed by atoms with van der Waals surface area (Å²) in [5, 5.41) is 3.36. The molecule has 2 aliphatic rings. The molecule has 2 unspecified atom stereocenters. The quantitative estimate of drug-likeness (QED) is 0.687. The number of nitrogens with zero attached hydrogens (tertiary/aromatic N) is 2. The van der Waals surface area contributed by atoms with E-state index in [1.54, 1.807) is 11.0 Å². The van der Waals surface area contributed by atoms with Crippen LogP contribution in [0, 0.1) is 12.0 Å². The Labute approximate surface area is 202 Å². The maximum absolute atomic E-state index is 12.9. The predicted octanol–water partition coefficient (Wildman–Crippen LogP) is 2.32. The second kappa shape index (κ2) is 9.39. The van der Waals surface area contributed by atoms with Crippen molar-refractivity contribution in [3.63, 3.8) is 0 Å². The molecule has 3 N–H and O–H groups in total. The lowest BCUT2D eigenvalue weighted by Crippen LogP contribution is -2.65. The van der Waals surface area contributed by atoms with Crippen LogP contribution >= 0.6 is 0 Å². The van der Waals surface area contributed by atoms with Crippen LogP contribution in [0.4, 0.5) is 5.69 Å². The number of fused-ring (bicyclic) bond motifs is 1. The molecule has 2 atom stereocenters. The number of hydrogen-bond acceptors (Lipinski definition) is 5. The van der Waals surface area contributed by atoms with Gasteiger partial charge in [0, 0.05) is 50.7 Å². The molecule has 2 aliphatic heterocycles. The summed E-state index contributed by atoms with van der Waals surface area (Å²) in [7, 11) is 0. The first-order valence-corrected chi connectivity index (χ1v) is 11.9. The Kier molecular flexibility index (Phi) is 6.69. The molecular formula is C27H35N4O3. The van der Waals surface area contributed by atoms with Gasteiger partial charge in [-0.25, -0.2) is 0 Å². The molecule has 7 nitrogen and oxygen atoms in total. The average Bonchev–Trinajstić information content (AvgIpc) is 2.79. The molecule has 4 rings (SSSR count). The fourth-order valence-electron chi connectivity index (χ4n) is 5.99. The van der Waals surface area contributed by atoms with Crippen LogP contribution in [0.3, 0.4) is 0 Å². The van der Waals surface area contributed by atoms with Gasteiger partial charge in [-0.15, -0.1) is 0 Å². The van der Waals surface area contributed by atoms with Gasteiger partial charge in [-0.1, -0.05) is 25.1 Å². The Hall–Kier alpha value is -2.90. The van der Waals surface area contributed by atoms with Crippen molar-refractivity contribution < 1.29 is 14.3 Å². The smallest absolute Gasteiger partial charge is 0.224 e. The number of hydrogen-bond donors (Lipinski definition) is 2. The second-order valence-electron chi connectivity index (χ2n) is 9.95. The Balaban J connectivity index is 1.66. The van der Waals surface area contributed by atoms with Crippen molar-refractivity contribution in [2.45, 2.75) is 38.6 Å². The number of piperazine rings is 1. The first-order chi connectivity index (χ1) is 16.2. The van der Waals surface area contributed by atoms with Crippen LogP contribution in [-0.4, -0.2) is 61.6 Å². The molecule has 0 aromatic heterocycles. The third-order valence-corrected chi connectivity index (χ3v) is 7.44. The number of nitrogens with one attached hydrogen (secondary N) is 1. The Morgan fingerprint density at radius 3 is 2.44 bits per heavy atom. The van der Waals surface area contributed by atoms with Gasteiger partial charge in [0.2, 0.25) is 11.8 Å². The molecule has 0 spiro atoms. The topological polar surface area (TPSA) is 87.9 Å². The van der Waals surface area contributed by atoms with E-state index >= 15 is 0 Å². The van der Waals surface area contributed by atoms with Crippen LogP contribution in [-0.2, 0) is 15.0 Å². The number of primary amides is 1. The lowest BCUT2D eigenvalue weighted by atomic mass is 9.57. The minimum absolute atomic E-state index is 0.126. The molecule has 1 fully saturated rings. The summed E-state index contributed by atoms with van der Waals surface area (Å²) in [5.74, 6) is -0.423. The van der Waals surface area contributed by atoms with E-state index in [2.05, 4.69) is 16.3 Å². The normalized spacial score (nSPS) is 24.4. The maximum Gasteiger partial charge on any atom is 0.224 e. The molecule has 2 aromatic carbocycles. The van der Waals surface area contributed by atoms with Crippen LogP contribution in [0.2, 0.25) is 0 Å². The minimum atomic E-state index is -0.820. The van der Waals surface area contributed by atoms with E-state index in [1.165, 1.54) is 6.92 Å². The van der Waals surface area contributed by atoms with E-state index in [0.717, 1.165) is 55.3 Å². The van der Waals surface area contributed by atoms with Crippen molar-refractivity contribution in [3.05, 3.63) is 59.7 Å². The van der Waals surface area contributed by atoms with Crippen LogP contribution in [0.25, 0.3) is 0 Å². The van der Waals surface area contributed by atoms with Crippen molar-refractivity contribution in [1.82, 2.24) is 10.2 Å². The van der Waals surface area contributed by atoms with Crippen LogP contribution in [0.1, 0.15) is 38.8 Å². The van der Waals surface area contributed by atoms with Gasteiger partial charge in [0.15, 0.2) is 0 Å². The molecule has 1 saturated heterocycles. The highest BCUT2D eigenvalue weighted by molar-refractivity contribution is 5.98. The summed E-state index contributed by atoms with van der Waals surface area (Å²) in [6, 6.07) is 16.6. The number of amides is 2. The molecule has 2 aromatic rings. The molecule has 7 heteroatoms. The lowest BCUT2D eigenvalue weighted by molar-refractivity contribution is -0.127. The Bertz CT molecular complexity index is 1050. The van der Waals surface area contributed by atoms with Gasteiger partial charge in [0.1, 0.15) is 12.4 Å². The zero-order valence-corrected chi connectivity index (χ0v) is 20.6. The van der Waals surface area contributed by atoms with E-state index in [1.807, 2.05) is 57.2 Å². The number of carbonyl (C=O) groups excluding carboxylic acids is 2. The highest BCUT2D eigenvalue weighted by Crippen LogP contribution is 2.54. The largest absolute Gasteiger partial charge is 0.492 e. The van der Waals surface area contributed by atoms with Crippen molar-refractivity contribution in [1.29, 1.82) is 0 Å². The standard InChI is InChI=1S/C27H35N4O3/c1-19(32)31-23-8-6-5-7-22(23)27(4,24(25(28)33)26(31,2)3)20-9-11-21(12-10-20)34-18-17-30-15-13-29-14-16-30/h6-12,24,29H,13-18H2,1-4H3,(H2,28,33). The fourth-order valence-corrected chi connectivity index (χ4v) is 5.99. The molecule has 0 saturated carbocycles. The Morgan fingerprint density at radius 1 is 1.15 bits per heavy atom. The van der Waals surface area contributed by atoms with Gasteiger partial charge < -0.3 is 20.7 Å². The number of rotatable bonds is 6. The van der Waals surface area contributed by atoms with Crippen molar-refractivity contribution in [3.8, 4) is 5.75 Å². The molecule has 34 heavy (non-hydrogen) atoms. The minimum Gasteiger partial charge on any atom is -0.492 e. The molecular weight excluding hydrogens is 428 g/mol. The van der Waals surface area contributed by atoms with E-state index in [9.17, 15) is 9.59 Å². The van der Waals surface area contributed by atoms with Gasteiger partial charge in [0.25, 0.3) is 0 Å². The zero-order valence-electron chi connectivity index (χ0n) is 20.6. The summed E-state index contributed by atoms with van der Waals surface area (Å²) in [4.78, 5) is 29.7. The van der Waals surface area contributed by atoms with Gasteiger partial charge in [-0.3, -0.25) is 14.5 Å². The van der Waals surface area contributed by atoms with E-state index in [0.29, 0.717) is 6.61 Å². The van der Waals surface area contributed by atoms with Crippen LogP contribution in [0.5, 0.6) is 5.75 Å². The maximum atomic E-state index is 12.9.